The Morgan fingerprint density at radius 2 is 0.884 bits per heavy atom. The van der Waals surface area contributed by atoms with E-state index in [2.05, 4.69) is 176 Å². The van der Waals surface area contributed by atoms with E-state index in [1.807, 2.05) is 48.8 Å². The minimum Gasteiger partial charge on any atom is -0.457 e. The van der Waals surface area contributed by atoms with Crippen molar-refractivity contribution in [1.82, 2.24) is 23.7 Å². The van der Waals surface area contributed by atoms with E-state index in [-0.39, 0.29) is 0 Å². The van der Waals surface area contributed by atoms with Crippen molar-refractivity contribution in [3.63, 3.8) is 0 Å². The smallest absolute Gasteiger partial charge is 0.188 e. The van der Waals surface area contributed by atoms with Gasteiger partial charge >= 0.3 is 0 Å². The minimum absolute atomic E-state index is 0.609. The number of aromatic nitrogens is 5. The molecule has 0 unspecified atom stereocenters. The highest BCUT2D eigenvalue weighted by Gasteiger charge is 2.52. The topological polar surface area (TPSA) is 78.0 Å². The van der Waals surface area contributed by atoms with E-state index >= 15 is 0 Å². The van der Waals surface area contributed by atoms with Crippen LogP contribution in [0.15, 0.2) is 200 Å². The molecule has 0 radical (unpaired) electrons. The number of hydrogen-bond donors (Lipinski definition) is 0. The molecule has 1 aliphatic carbocycles. The third-order valence-electron chi connectivity index (χ3n) is 14.6. The minimum atomic E-state index is -0.855. The van der Waals surface area contributed by atoms with Gasteiger partial charge in [0.05, 0.1) is 68.1 Å². The number of pyridine rings is 2. The number of hydrogen-bond acceptors (Lipinski definition) is 4. The van der Waals surface area contributed by atoms with Crippen molar-refractivity contribution in [3.05, 3.63) is 240 Å². The monoisotopic (exact) mass is 879 g/mol. The Balaban J connectivity index is 0.981. The summed E-state index contributed by atoms with van der Waals surface area (Å²) in [6, 6.07) is 68.1. The number of nitrogens with zero attached hydrogens (tertiary/aromatic N) is 7. The molecule has 5 aromatic heterocycles. The lowest BCUT2D eigenvalue weighted by Crippen LogP contribution is -2.32. The molecule has 0 bridgehead atoms. The zero-order valence-electron chi connectivity index (χ0n) is 36.6. The van der Waals surface area contributed by atoms with Crippen LogP contribution in [-0.2, 0) is 5.41 Å². The largest absolute Gasteiger partial charge is 0.457 e. The van der Waals surface area contributed by atoms with Gasteiger partial charge in [-0.2, -0.15) is 5.26 Å². The zero-order chi connectivity index (χ0) is 45.5. The van der Waals surface area contributed by atoms with Gasteiger partial charge in [-0.25, -0.2) is 4.85 Å². The van der Waals surface area contributed by atoms with Gasteiger partial charge in [-0.1, -0.05) is 72.8 Å². The summed E-state index contributed by atoms with van der Waals surface area (Å²) < 4.78 is 14.0. The number of nitriles is 1. The summed E-state index contributed by atoms with van der Waals surface area (Å²) >= 11 is 0. The zero-order valence-corrected chi connectivity index (χ0v) is 36.6. The van der Waals surface area contributed by atoms with Crippen LogP contribution < -0.4 is 4.74 Å². The highest BCUT2D eigenvalue weighted by molar-refractivity contribution is 6.13. The van der Waals surface area contributed by atoms with Crippen LogP contribution in [-0.4, -0.2) is 23.7 Å². The molecule has 8 heteroatoms. The maximum atomic E-state index is 9.81. The van der Waals surface area contributed by atoms with Gasteiger partial charge in [0.15, 0.2) is 5.69 Å². The summed E-state index contributed by atoms with van der Waals surface area (Å²) in [5, 5.41) is 16.4. The van der Waals surface area contributed by atoms with E-state index in [1.54, 1.807) is 0 Å². The first-order chi connectivity index (χ1) is 34.1. The predicted molar refractivity (Wildman–Crippen MR) is 273 cm³/mol. The Morgan fingerprint density at radius 3 is 1.42 bits per heavy atom. The first kappa shape index (κ1) is 37.5. The van der Waals surface area contributed by atoms with Crippen LogP contribution in [0.3, 0.4) is 0 Å². The molecule has 1 aliphatic heterocycles. The van der Waals surface area contributed by atoms with E-state index in [0.717, 1.165) is 128 Å². The average molecular weight is 880 g/mol. The second kappa shape index (κ2) is 13.6. The van der Waals surface area contributed by atoms with Crippen LogP contribution >= 0.6 is 0 Å². The normalized spacial score (nSPS) is 13.1. The Morgan fingerprint density at radius 1 is 0.435 bits per heavy atom. The van der Waals surface area contributed by atoms with Crippen LogP contribution in [0.1, 0.15) is 27.8 Å². The van der Waals surface area contributed by atoms with Crippen molar-refractivity contribution in [2.24, 2.45) is 0 Å². The summed E-state index contributed by atoms with van der Waals surface area (Å²) in [7, 11) is 0. The van der Waals surface area contributed by atoms with Crippen LogP contribution in [0.25, 0.3) is 98.7 Å². The van der Waals surface area contributed by atoms with Crippen molar-refractivity contribution in [3.8, 4) is 46.0 Å². The first-order valence-electron chi connectivity index (χ1n) is 22.9. The summed E-state index contributed by atoms with van der Waals surface area (Å²) in [6.45, 7) is 7.79. The van der Waals surface area contributed by atoms with Gasteiger partial charge in [0.1, 0.15) is 11.5 Å². The Kier molecular flexibility index (Phi) is 7.41. The maximum absolute atomic E-state index is 9.81. The number of para-hydroxylation sites is 3. The second-order valence-electron chi connectivity index (χ2n) is 17.9. The molecular weight excluding hydrogens is 847 g/mol. The van der Waals surface area contributed by atoms with Gasteiger partial charge in [0.2, 0.25) is 0 Å². The van der Waals surface area contributed by atoms with Crippen LogP contribution in [0.4, 0.5) is 5.69 Å². The lowest BCUT2D eigenvalue weighted by molar-refractivity contribution is 0.436. The number of rotatable bonds is 3. The lowest BCUT2D eigenvalue weighted by Gasteiger charge is -2.39. The fraction of sp³-hybridized carbons (Fsp3) is 0.0164. The fourth-order valence-corrected chi connectivity index (χ4v) is 11.9. The summed E-state index contributed by atoms with van der Waals surface area (Å²) in [5.74, 6) is 1.53. The molecule has 0 atom stereocenters. The molecule has 69 heavy (non-hydrogen) atoms. The van der Waals surface area contributed by atoms with Gasteiger partial charge in [0, 0.05) is 67.5 Å². The highest BCUT2D eigenvalue weighted by Crippen LogP contribution is 2.62. The van der Waals surface area contributed by atoms with Crippen molar-refractivity contribution in [1.29, 1.82) is 5.26 Å². The number of benzene rings is 8. The van der Waals surface area contributed by atoms with Gasteiger partial charge in [-0.15, -0.1) is 0 Å². The summed E-state index contributed by atoms with van der Waals surface area (Å²) in [5.41, 5.74) is 15.6. The third kappa shape index (κ3) is 4.88. The third-order valence-corrected chi connectivity index (χ3v) is 14.6. The van der Waals surface area contributed by atoms with E-state index in [0.29, 0.717) is 11.3 Å². The number of ether oxygens (including phenoxy) is 1. The van der Waals surface area contributed by atoms with Gasteiger partial charge in [-0.05, 0) is 132 Å². The molecule has 0 saturated carbocycles. The quantitative estimate of drug-likeness (QED) is 0.166. The summed E-state index contributed by atoms with van der Waals surface area (Å²) in [6.07, 6.45) is 3.71. The highest BCUT2D eigenvalue weighted by atomic mass is 16.5. The second-order valence-corrected chi connectivity index (χ2v) is 17.9. The fourth-order valence-electron chi connectivity index (χ4n) is 11.9. The molecule has 0 saturated heterocycles. The maximum Gasteiger partial charge on any atom is 0.188 e. The van der Waals surface area contributed by atoms with Crippen molar-refractivity contribution >= 4 is 71.1 Å². The molecule has 1 spiro atoms. The van der Waals surface area contributed by atoms with Gasteiger partial charge in [-0.3, -0.25) is 9.97 Å². The first-order valence-corrected chi connectivity index (χ1v) is 22.9. The summed E-state index contributed by atoms with van der Waals surface area (Å²) in [4.78, 5) is 13.9. The van der Waals surface area contributed by atoms with E-state index in [4.69, 9.17) is 21.3 Å². The molecule has 0 N–H and O–H groups in total. The number of fused-ring (bicyclic) bond motifs is 18. The molecule has 2 aliphatic rings. The van der Waals surface area contributed by atoms with Crippen molar-refractivity contribution in [2.45, 2.75) is 5.41 Å². The molecule has 0 amide bonds. The molecular formula is C61H33N7O. The SMILES string of the molecule is [C-]#[N+]c1ccc2c(c1)c1ccccc1n2-c1ccc2c(c1)C1(c3cc(-n4c5ccccc5c5cc(-n6c7ccccc7c7cc(C#N)ccc76)ccc54)ccc3O2)c2cccnc2-c2ncccc21. The Bertz CT molecular complexity index is 4470. The van der Waals surface area contributed by atoms with E-state index < -0.39 is 5.41 Å². The predicted octanol–water partition coefficient (Wildman–Crippen LogP) is 14.7. The van der Waals surface area contributed by atoms with Gasteiger partial charge < -0.3 is 18.4 Å². The molecule has 8 aromatic carbocycles. The molecule has 8 nitrogen and oxygen atoms in total. The van der Waals surface area contributed by atoms with Gasteiger partial charge in [0.25, 0.3) is 0 Å². The van der Waals surface area contributed by atoms with E-state index in [1.165, 1.54) is 0 Å². The molecule has 0 fully saturated rings. The molecule has 15 rings (SSSR count). The lowest BCUT2D eigenvalue weighted by atomic mass is 9.66. The standard InChI is InChI=1S/C61H33N7O/c1-63-37-19-24-55-45(31-37)42-11-3-6-16-52(42)67(55)39-21-26-57-49(33-39)61(47-13-8-28-64-59(47)60-48(61)14-9-29-65-60)50-34-40(22-27-58(50)69-57)68-53-17-7-4-12-43(53)46-32-38(20-25-56(46)68)66-51-15-5-2-10-41(51)44-30-36(35-62)18-23-54(44)66/h2-34H. The van der Waals surface area contributed by atoms with Crippen LogP contribution in [0.2, 0.25) is 0 Å². The Labute approximate surface area is 394 Å². The van der Waals surface area contributed by atoms with Crippen LogP contribution in [0, 0.1) is 17.9 Å². The molecule has 318 valence electrons. The Hall–Kier alpha value is -9.76. The van der Waals surface area contributed by atoms with Crippen LogP contribution in [0.5, 0.6) is 11.5 Å². The van der Waals surface area contributed by atoms with Crippen molar-refractivity contribution < 1.29 is 4.74 Å². The molecule has 13 aromatic rings. The van der Waals surface area contributed by atoms with Crippen molar-refractivity contribution in [2.75, 3.05) is 0 Å². The molecule has 6 heterocycles. The van der Waals surface area contributed by atoms with E-state index in [9.17, 15) is 5.26 Å². The average Bonchev–Trinajstić information content (AvgIpc) is 4.12.